The summed E-state index contributed by atoms with van der Waals surface area (Å²) in [7, 11) is -0.670. The van der Waals surface area contributed by atoms with E-state index in [9.17, 15) is 27.0 Å². The van der Waals surface area contributed by atoms with E-state index in [1.807, 2.05) is 0 Å². The second kappa shape index (κ2) is 9.34. The third-order valence-electron chi connectivity index (χ3n) is 4.48. The van der Waals surface area contributed by atoms with Crippen LogP contribution in [0.5, 0.6) is 5.75 Å². The summed E-state index contributed by atoms with van der Waals surface area (Å²) < 4.78 is 66.0. The fourth-order valence-corrected chi connectivity index (χ4v) is 3.97. The molecule has 6 nitrogen and oxygen atoms in total. The van der Waals surface area contributed by atoms with Gasteiger partial charge in [0.05, 0.1) is 36.6 Å². The van der Waals surface area contributed by atoms with Gasteiger partial charge in [-0.15, -0.1) is 0 Å². The van der Waals surface area contributed by atoms with Crippen molar-refractivity contribution in [1.82, 2.24) is 4.57 Å². The number of pyridine rings is 1. The average Bonchev–Trinajstić information content (AvgIpc) is 2.76. The number of halogens is 3. The third-order valence-corrected chi connectivity index (χ3v) is 5.83. The molecule has 3 rings (SSSR count). The molecule has 2 atom stereocenters. The Morgan fingerprint density at radius 1 is 1.16 bits per heavy atom. The van der Waals surface area contributed by atoms with E-state index >= 15 is 0 Å². The molecule has 2 aromatic carbocycles. The largest absolute Gasteiger partial charge is 0.497 e. The molecule has 0 N–H and O–H groups in total. The molecule has 0 aliphatic heterocycles. The molecule has 0 amide bonds. The van der Waals surface area contributed by atoms with Crippen LogP contribution in [0, 0.1) is 11.6 Å². The van der Waals surface area contributed by atoms with Gasteiger partial charge >= 0.3 is 5.97 Å². The summed E-state index contributed by atoms with van der Waals surface area (Å²) in [5.74, 6) is -3.04. The zero-order valence-corrected chi connectivity index (χ0v) is 17.4. The highest BCUT2D eigenvalue weighted by Crippen LogP contribution is 2.22. The van der Waals surface area contributed by atoms with Crippen molar-refractivity contribution < 1.29 is 31.6 Å². The van der Waals surface area contributed by atoms with Crippen LogP contribution in [0.25, 0.3) is 10.9 Å². The SMILES string of the molecule is CCOC(=O)c1cn(C[C@H](F)[S@](=O)c2ccc(OC)cc2)c2cc(F)c(F)cc2c1=O. The number of fused-ring (bicyclic) bond motifs is 1. The van der Waals surface area contributed by atoms with Gasteiger partial charge in [-0.05, 0) is 37.3 Å². The van der Waals surface area contributed by atoms with Gasteiger partial charge in [-0.1, -0.05) is 0 Å². The first-order valence-electron chi connectivity index (χ1n) is 9.14. The molecule has 0 saturated carbocycles. The first-order chi connectivity index (χ1) is 14.8. The van der Waals surface area contributed by atoms with Crippen LogP contribution in [-0.2, 0) is 22.1 Å². The van der Waals surface area contributed by atoms with E-state index in [4.69, 9.17) is 9.47 Å². The van der Waals surface area contributed by atoms with Crippen molar-refractivity contribution in [2.45, 2.75) is 23.9 Å². The quantitative estimate of drug-likeness (QED) is 0.512. The van der Waals surface area contributed by atoms with Crippen LogP contribution in [0.15, 0.2) is 52.3 Å². The lowest BCUT2D eigenvalue weighted by molar-refractivity contribution is 0.0524. The minimum atomic E-state index is -2.12. The topological polar surface area (TPSA) is 74.6 Å². The summed E-state index contributed by atoms with van der Waals surface area (Å²) in [6.07, 6.45) is 0.998. The Hall–Kier alpha value is -3.14. The Balaban J connectivity index is 2.05. The van der Waals surface area contributed by atoms with Crippen molar-refractivity contribution in [2.75, 3.05) is 13.7 Å². The number of rotatable bonds is 7. The fourth-order valence-electron chi connectivity index (χ4n) is 2.97. The van der Waals surface area contributed by atoms with Gasteiger partial charge in [0.1, 0.15) is 11.3 Å². The second-order valence-electron chi connectivity index (χ2n) is 6.41. The Labute approximate surface area is 177 Å². The second-order valence-corrected chi connectivity index (χ2v) is 7.99. The minimum Gasteiger partial charge on any atom is -0.497 e. The summed E-state index contributed by atoms with van der Waals surface area (Å²) in [6.45, 7) is 0.913. The highest BCUT2D eigenvalue weighted by molar-refractivity contribution is 7.85. The van der Waals surface area contributed by atoms with Gasteiger partial charge in [0.2, 0.25) is 5.43 Å². The minimum absolute atomic E-state index is 0.0265. The number of nitrogens with zero attached hydrogens (tertiary/aromatic N) is 1. The summed E-state index contributed by atoms with van der Waals surface area (Å²) in [5.41, 5.74) is -3.48. The predicted molar refractivity (Wildman–Crippen MR) is 108 cm³/mol. The molecule has 1 aromatic heterocycles. The Bertz CT molecular complexity index is 1210. The van der Waals surface area contributed by atoms with E-state index in [0.717, 1.165) is 16.8 Å². The van der Waals surface area contributed by atoms with Crippen LogP contribution in [0.3, 0.4) is 0 Å². The molecule has 164 valence electrons. The van der Waals surface area contributed by atoms with E-state index in [0.29, 0.717) is 11.8 Å². The maximum absolute atomic E-state index is 14.9. The Kier molecular flexibility index (Phi) is 6.79. The lowest BCUT2D eigenvalue weighted by Crippen LogP contribution is -2.24. The van der Waals surface area contributed by atoms with Crippen molar-refractivity contribution in [3.05, 3.63) is 70.0 Å². The Morgan fingerprint density at radius 3 is 2.42 bits per heavy atom. The van der Waals surface area contributed by atoms with Gasteiger partial charge < -0.3 is 14.0 Å². The van der Waals surface area contributed by atoms with Crippen LogP contribution >= 0.6 is 0 Å². The van der Waals surface area contributed by atoms with E-state index in [1.165, 1.54) is 38.3 Å². The highest BCUT2D eigenvalue weighted by atomic mass is 32.2. The molecular formula is C21H18F3NO5S. The fraction of sp³-hybridized carbons (Fsp3) is 0.238. The van der Waals surface area contributed by atoms with Gasteiger partial charge in [0.15, 0.2) is 17.1 Å². The zero-order chi connectivity index (χ0) is 22.7. The van der Waals surface area contributed by atoms with E-state index in [-0.39, 0.29) is 22.4 Å². The van der Waals surface area contributed by atoms with Gasteiger partial charge in [-0.25, -0.2) is 18.0 Å². The van der Waals surface area contributed by atoms with Gasteiger partial charge in [-0.2, -0.15) is 0 Å². The highest BCUT2D eigenvalue weighted by Gasteiger charge is 2.23. The van der Waals surface area contributed by atoms with Gasteiger partial charge in [-0.3, -0.25) is 9.00 Å². The number of aromatic nitrogens is 1. The summed E-state index contributed by atoms with van der Waals surface area (Å²) >= 11 is 0. The number of hydrogen-bond acceptors (Lipinski definition) is 5. The van der Waals surface area contributed by atoms with Crippen molar-refractivity contribution in [2.24, 2.45) is 0 Å². The number of carbonyl (C=O) groups excluding carboxylic acids is 1. The maximum atomic E-state index is 14.9. The molecule has 0 saturated heterocycles. The normalized spacial score (nSPS) is 13.1. The zero-order valence-electron chi connectivity index (χ0n) is 16.6. The van der Waals surface area contributed by atoms with Crippen LogP contribution in [0.2, 0.25) is 0 Å². The molecule has 3 aromatic rings. The van der Waals surface area contributed by atoms with Crippen molar-refractivity contribution >= 4 is 27.7 Å². The van der Waals surface area contributed by atoms with Gasteiger partial charge in [0, 0.05) is 22.5 Å². The molecule has 10 heteroatoms. The maximum Gasteiger partial charge on any atom is 0.343 e. The average molecular weight is 453 g/mol. The monoisotopic (exact) mass is 453 g/mol. The molecule has 0 fully saturated rings. The molecular weight excluding hydrogens is 435 g/mol. The number of esters is 1. The van der Waals surface area contributed by atoms with Crippen LogP contribution in [-0.4, -0.2) is 34.0 Å². The van der Waals surface area contributed by atoms with E-state index in [2.05, 4.69) is 0 Å². The molecule has 0 bridgehead atoms. The molecule has 0 aliphatic carbocycles. The molecule has 0 radical (unpaired) electrons. The van der Waals surface area contributed by atoms with Crippen LogP contribution < -0.4 is 10.2 Å². The number of carbonyl (C=O) groups is 1. The lowest BCUT2D eigenvalue weighted by Gasteiger charge is -2.16. The number of benzene rings is 2. The number of ether oxygens (including phenoxy) is 2. The lowest BCUT2D eigenvalue weighted by atomic mass is 10.1. The van der Waals surface area contributed by atoms with Crippen LogP contribution in [0.4, 0.5) is 13.2 Å². The van der Waals surface area contributed by atoms with E-state index in [1.54, 1.807) is 0 Å². The molecule has 0 spiro atoms. The molecule has 0 aliphatic rings. The van der Waals surface area contributed by atoms with E-state index < -0.39 is 51.4 Å². The van der Waals surface area contributed by atoms with Crippen molar-refractivity contribution in [1.29, 1.82) is 0 Å². The smallest absolute Gasteiger partial charge is 0.343 e. The molecule has 31 heavy (non-hydrogen) atoms. The van der Waals surface area contributed by atoms with Crippen molar-refractivity contribution in [3.63, 3.8) is 0 Å². The summed E-state index contributed by atoms with van der Waals surface area (Å²) in [6, 6.07) is 7.27. The van der Waals surface area contributed by atoms with Crippen molar-refractivity contribution in [3.8, 4) is 5.75 Å². The standard InChI is InChI=1S/C21H18F3NO5S/c1-3-30-21(27)15-10-25(18-9-17(23)16(22)8-14(18)20(15)26)11-19(24)31(28)13-6-4-12(29-2)5-7-13/h4-10,19H,3,11H2,1-2H3/t19-,31-/m1/s1. The first-order valence-corrected chi connectivity index (χ1v) is 10.4. The summed E-state index contributed by atoms with van der Waals surface area (Å²) in [5, 5.41) is -0.327. The predicted octanol–water partition coefficient (Wildman–Crippen LogP) is 3.57. The van der Waals surface area contributed by atoms with Gasteiger partial charge in [0.25, 0.3) is 0 Å². The Morgan fingerprint density at radius 2 is 1.81 bits per heavy atom. The number of methoxy groups -OCH3 is 1. The number of alkyl halides is 1. The molecule has 1 heterocycles. The van der Waals surface area contributed by atoms with Crippen LogP contribution in [0.1, 0.15) is 17.3 Å². The number of hydrogen-bond donors (Lipinski definition) is 0. The third kappa shape index (κ3) is 4.63. The molecule has 0 unspecified atom stereocenters. The summed E-state index contributed by atoms with van der Waals surface area (Å²) in [4.78, 5) is 24.9. The first kappa shape index (κ1) is 22.5.